The second kappa shape index (κ2) is 3.02. The molecule has 1 heterocycles. The molecule has 0 aromatic carbocycles. The molecule has 1 aromatic heterocycles. The molecule has 5 rings (SSSR count). The molecule has 0 radical (unpaired) electrons. The zero-order chi connectivity index (χ0) is 10.7. The monoisotopic (exact) mass is 217 g/mol. The molecule has 0 atom stereocenters. The second-order valence-electron chi connectivity index (χ2n) is 6.12. The van der Waals surface area contributed by atoms with Crippen molar-refractivity contribution in [2.75, 3.05) is 5.73 Å². The van der Waals surface area contributed by atoms with E-state index in [1.54, 1.807) is 0 Å². The van der Waals surface area contributed by atoms with E-state index in [1.807, 2.05) is 12.3 Å². The maximum atomic E-state index is 6.02. The number of nitrogens with two attached hydrogens (primary N) is 1. The van der Waals surface area contributed by atoms with E-state index in [4.69, 9.17) is 5.73 Å². The van der Waals surface area contributed by atoms with Crippen LogP contribution in [0.5, 0.6) is 0 Å². The summed E-state index contributed by atoms with van der Waals surface area (Å²) in [5.74, 6) is 4.63. The molecular formula is C13H19N3. The minimum atomic E-state index is 0.614. The summed E-state index contributed by atoms with van der Waals surface area (Å²) < 4.78 is 2.12. The van der Waals surface area contributed by atoms with Crippen molar-refractivity contribution in [3.63, 3.8) is 0 Å². The van der Waals surface area contributed by atoms with Crippen molar-refractivity contribution in [2.45, 2.75) is 38.1 Å². The summed E-state index contributed by atoms with van der Waals surface area (Å²) in [7, 11) is 0. The molecule has 4 saturated carbocycles. The predicted octanol–water partition coefficient (Wildman–Crippen LogP) is 2.46. The number of anilines is 1. The van der Waals surface area contributed by atoms with E-state index in [1.165, 1.54) is 32.1 Å². The first kappa shape index (κ1) is 9.08. The van der Waals surface area contributed by atoms with Gasteiger partial charge in [0.15, 0.2) is 0 Å². The van der Waals surface area contributed by atoms with Crippen molar-refractivity contribution in [1.29, 1.82) is 0 Å². The van der Waals surface area contributed by atoms with Crippen LogP contribution < -0.4 is 5.73 Å². The molecule has 0 saturated heterocycles. The van der Waals surface area contributed by atoms with Crippen LogP contribution in [-0.2, 0) is 0 Å². The Kier molecular flexibility index (Phi) is 1.72. The van der Waals surface area contributed by atoms with Gasteiger partial charge >= 0.3 is 0 Å². The van der Waals surface area contributed by atoms with Gasteiger partial charge in [-0.3, -0.25) is 0 Å². The van der Waals surface area contributed by atoms with Gasteiger partial charge in [0.2, 0.25) is 0 Å². The van der Waals surface area contributed by atoms with Gasteiger partial charge < -0.3 is 5.73 Å². The number of nitrogens with zero attached hydrogens (tertiary/aromatic N) is 2. The highest BCUT2D eigenvalue weighted by Gasteiger charge is 2.49. The summed E-state index contributed by atoms with van der Waals surface area (Å²) in [6, 6.07) is 2.55. The molecule has 4 aliphatic carbocycles. The first-order valence-electron chi connectivity index (χ1n) is 6.60. The quantitative estimate of drug-likeness (QED) is 0.785. The van der Waals surface area contributed by atoms with Crippen molar-refractivity contribution in [1.82, 2.24) is 9.78 Å². The van der Waals surface area contributed by atoms with Crippen LogP contribution in [0.2, 0.25) is 0 Å². The van der Waals surface area contributed by atoms with Gasteiger partial charge in [-0.15, -0.1) is 0 Å². The molecule has 1 aromatic rings. The average molecular weight is 217 g/mol. The minimum absolute atomic E-state index is 0.614. The van der Waals surface area contributed by atoms with Gasteiger partial charge in [0, 0.05) is 0 Å². The summed E-state index contributed by atoms with van der Waals surface area (Å²) in [6.07, 6.45) is 9.07. The van der Waals surface area contributed by atoms with E-state index < -0.39 is 0 Å². The fourth-order valence-electron chi connectivity index (χ4n) is 4.87. The Balaban J connectivity index is 1.72. The van der Waals surface area contributed by atoms with Crippen LogP contribution in [0.15, 0.2) is 12.3 Å². The Bertz CT molecular complexity index is 381. The Hall–Kier alpha value is -0.990. The number of nitrogen functional groups attached to an aromatic ring is 1. The number of hydrogen-bond acceptors (Lipinski definition) is 2. The van der Waals surface area contributed by atoms with Crippen molar-refractivity contribution < 1.29 is 0 Å². The molecule has 0 spiro atoms. The Morgan fingerprint density at radius 1 is 1.06 bits per heavy atom. The normalized spacial score (nSPS) is 45.1. The standard InChI is InChI=1S/C13H19N3/c14-12-1-2-15-16(12)13-10-4-8-3-9(6-10)7-11(13)5-8/h1-2,8-11,13H,3-7,14H2. The highest BCUT2D eigenvalue weighted by molar-refractivity contribution is 5.27. The average Bonchev–Trinajstić information content (AvgIpc) is 2.63. The molecule has 2 N–H and O–H groups in total. The highest BCUT2D eigenvalue weighted by Crippen LogP contribution is 2.58. The Morgan fingerprint density at radius 3 is 2.19 bits per heavy atom. The number of hydrogen-bond donors (Lipinski definition) is 1. The van der Waals surface area contributed by atoms with Crippen LogP contribution in [0.1, 0.15) is 38.1 Å². The lowest BCUT2D eigenvalue weighted by Crippen LogP contribution is -2.46. The zero-order valence-electron chi connectivity index (χ0n) is 9.55. The van der Waals surface area contributed by atoms with Gasteiger partial charge in [-0.05, 0) is 61.8 Å². The van der Waals surface area contributed by atoms with Gasteiger partial charge in [-0.2, -0.15) is 5.10 Å². The third kappa shape index (κ3) is 1.12. The van der Waals surface area contributed by atoms with E-state index in [2.05, 4.69) is 9.78 Å². The summed E-state index contributed by atoms with van der Waals surface area (Å²) in [5, 5.41) is 4.45. The van der Waals surface area contributed by atoms with Gasteiger partial charge in [-0.1, -0.05) is 0 Å². The van der Waals surface area contributed by atoms with Gasteiger partial charge in [-0.25, -0.2) is 4.68 Å². The number of aromatic nitrogens is 2. The van der Waals surface area contributed by atoms with Gasteiger partial charge in [0.25, 0.3) is 0 Å². The van der Waals surface area contributed by atoms with Gasteiger partial charge in [0.05, 0.1) is 12.2 Å². The first-order valence-corrected chi connectivity index (χ1v) is 6.60. The molecule has 0 aliphatic heterocycles. The van der Waals surface area contributed by atoms with Crippen LogP contribution in [0, 0.1) is 23.7 Å². The molecule has 4 aliphatic rings. The summed E-state index contributed by atoms with van der Waals surface area (Å²) in [6.45, 7) is 0. The van der Waals surface area contributed by atoms with E-state index in [0.717, 1.165) is 29.5 Å². The third-order valence-corrected chi connectivity index (χ3v) is 5.16. The molecule has 4 bridgehead atoms. The van der Waals surface area contributed by atoms with Crippen LogP contribution in [0.25, 0.3) is 0 Å². The molecule has 0 amide bonds. The molecule has 0 unspecified atom stereocenters. The van der Waals surface area contributed by atoms with Gasteiger partial charge in [0.1, 0.15) is 5.82 Å². The first-order chi connectivity index (χ1) is 7.81. The van der Waals surface area contributed by atoms with Crippen LogP contribution >= 0.6 is 0 Å². The Labute approximate surface area is 96.0 Å². The summed E-state index contributed by atoms with van der Waals surface area (Å²) in [5.41, 5.74) is 6.02. The van der Waals surface area contributed by atoms with Crippen molar-refractivity contribution in [3.8, 4) is 0 Å². The highest BCUT2D eigenvalue weighted by atomic mass is 15.3. The zero-order valence-corrected chi connectivity index (χ0v) is 9.55. The molecule has 16 heavy (non-hydrogen) atoms. The lowest BCUT2D eigenvalue weighted by Gasteiger charge is -2.54. The fraction of sp³-hybridized carbons (Fsp3) is 0.769. The SMILES string of the molecule is Nc1ccnn1C1C2CC3CC(C2)CC1C3. The maximum Gasteiger partial charge on any atom is 0.121 e. The van der Waals surface area contributed by atoms with E-state index in [9.17, 15) is 0 Å². The fourth-order valence-corrected chi connectivity index (χ4v) is 4.87. The van der Waals surface area contributed by atoms with Crippen molar-refractivity contribution >= 4 is 5.82 Å². The Morgan fingerprint density at radius 2 is 1.69 bits per heavy atom. The lowest BCUT2D eigenvalue weighted by atomic mass is 9.54. The summed E-state index contributed by atoms with van der Waals surface area (Å²) >= 11 is 0. The minimum Gasteiger partial charge on any atom is -0.384 e. The lowest BCUT2D eigenvalue weighted by molar-refractivity contribution is -0.0327. The largest absolute Gasteiger partial charge is 0.384 e. The summed E-state index contributed by atoms with van der Waals surface area (Å²) in [4.78, 5) is 0. The van der Waals surface area contributed by atoms with Crippen LogP contribution in [-0.4, -0.2) is 9.78 Å². The third-order valence-electron chi connectivity index (χ3n) is 5.16. The molecular weight excluding hydrogens is 198 g/mol. The molecule has 86 valence electrons. The molecule has 3 heteroatoms. The van der Waals surface area contributed by atoms with Crippen molar-refractivity contribution in [2.24, 2.45) is 23.7 Å². The molecule has 4 fully saturated rings. The van der Waals surface area contributed by atoms with E-state index >= 15 is 0 Å². The van der Waals surface area contributed by atoms with Crippen LogP contribution in [0.4, 0.5) is 5.82 Å². The predicted molar refractivity (Wildman–Crippen MR) is 62.7 cm³/mol. The van der Waals surface area contributed by atoms with E-state index in [0.29, 0.717) is 6.04 Å². The van der Waals surface area contributed by atoms with Crippen LogP contribution in [0.3, 0.4) is 0 Å². The second-order valence-corrected chi connectivity index (χ2v) is 6.12. The maximum absolute atomic E-state index is 6.02. The smallest absolute Gasteiger partial charge is 0.121 e. The topological polar surface area (TPSA) is 43.8 Å². The van der Waals surface area contributed by atoms with E-state index in [-0.39, 0.29) is 0 Å². The van der Waals surface area contributed by atoms with Crippen molar-refractivity contribution in [3.05, 3.63) is 12.3 Å². The number of rotatable bonds is 1. The molecule has 3 nitrogen and oxygen atoms in total.